The SMILES string of the molecule is C=CC(=O)N1CCN(c2nc(=O)n(-c3c(C)cccc3S(=O)(=O)NC)c3nc(-c4c(N)cccc4F)c(F)cc23)[C@@H](C)C1. The Hall–Kier alpha value is -4.69. The molecule has 0 aliphatic carbocycles. The summed E-state index contributed by atoms with van der Waals surface area (Å²) in [6.07, 6.45) is 1.21. The van der Waals surface area contributed by atoms with Crippen LogP contribution in [0, 0.1) is 18.6 Å². The molecule has 224 valence electrons. The number of carbonyl (C=O) groups is 1. The van der Waals surface area contributed by atoms with Gasteiger partial charge in [-0.2, -0.15) is 4.98 Å². The number of nitrogens with zero attached hydrogens (tertiary/aromatic N) is 5. The first-order chi connectivity index (χ1) is 20.4. The molecule has 1 saturated heterocycles. The number of anilines is 2. The lowest BCUT2D eigenvalue weighted by Gasteiger charge is -2.40. The first kappa shape index (κ1) is 29.8. The smallest absolute Gasteiger partial charge is 0.355 e. The molecule has 3 N–H and O–H groups in total. The number of pyridine rings is 1. The number of fused-ring (bicyclic) bond motifs is 1. The summed E-state index contributed by atoms with van der Waals surface area (Å²) in [5.41, 5.74) is 4.45. The predicted octanol–water partition coefficient (Wildman–Crippen LogP) is 2.75. The number of nitrogens with two attached hydrogens (primary N) is 1. The second kappa shape index (κ2) is 11.2. The van der Waals surface area contributed by atoms with Crippen LogP contribution in [0.2, 0.25) is 0 Å². The second-order valence-corrected chi connectivity index (χ2v) is 12.0. The molecular formula is C29H29F2N7O4S. The van der Waals surface area contributed by atoms with Crippen LogP contribution < -0.4 is 21.0 Å². The summed E-state index contributed by atoms with van der Waals surface area (Å²) in [6, 6.07) is 9.03. The molecule has 2 aromatic carbocycles. The molecule has 0 saturated carbocycles. The number of amides is 1. The first-order valence-corrected chi connectivity index (χ1v) is 14.8. The monoisotopic (exact) mass is 609 g/mol. The maximum Gasteiger partial charge on any atom is 0.355 e. The van der Waals surface area contributed by atoms with Crippen molar-refractivity contribution in [2.75, 3.05) is 37.3 Å². The normalized spacial score (nSPS) is 15.6. The molecule has 1 amide bonds. The van der Waals surface area contributed by atoms with Gasteiger partial charge in [0, 0.05) is 31.4 Å². The summed E-state index contributed by atoms with van der Waals surface area (Å²) >= 11 is 0. The number of nitrogen functional groups attached to an aromatic ring is 1. The van der Waals surface area contributed by atoms with E-state index in [2.05, 4.69) is 21.3 Å². The molecule has 0 spiro atoms. The van der Waals surface area contributed by atoms with Crippen molar-refractivity contribution in [3.05, 3.63) is 82.8 Å². The Kier molecular flexibility index (Phi) is 7.75. The Morgan fingerprint density at radius 2 is 1.86 bits per heavy atom. The number of aromatic nitrogens is 3. The molecule has 3 heterocycles. The van der Waals surface area contributed by atoms with Gasteiger partial charge in [0.1, 0.15) is 22.2 Å². The summed E-state index contributed by atoms with van der Waals surface area (Å²) in [5, 5.41) is 0.0715. The number of halogens is 2. The number of sulfonamides is 1. The molecule has 0 unspecified atom stereocenters. The van der Waals surface area contributed by atoms with Gasteiger partial charge < -0.3 is 15.5 Å². The van der Waals surface area contributed by atoms with E-state index in [4.69, 9.17) is 5.73 Å². The molecule has 0 bridgehead atoms. The molecule has 1 atom stereocenters. The molecule has 2 aromatic heterocycles. The fraction of sp³-hybridized carbons (Fsp3) is 0.241. The van der Waals surface area contributed by atoms with Crippen molar-refractivity contribution < 1.29 is 22.0 Å². The van der Waals surface area contributed by atoms with Gasteiger partial charge in [-0.15, -0.1) is 0 Å². The van der Waals surface area contributed by atoms with E-state index in [0.717, 1.165) is 16.7 Å². The van der Waals surface area contributed by atoms with Crippen LogP contribution in [0.1, 0.15) is 12.5 Å². The van der Waals surface area contributed by atoms with Crippen molar-refractivity contribution in [2.24, 2.45) is 0 Å². The van der Waals surface area contributed by atoms with E-state index in [0.29, 0.717) is 5.56 Å². The number of benzene rings is 2. The van der Waals surface area contributed by atoms with E-state index >= 15 is 4.39 Å². The third-order valence-corrected chi connectivity index (χ3v) is 8.90. The molecular weight excluding hydrogens is 580 g/mol. The second-order valence-electron chi connectivity index (χ2n) is 10.1. The molecule has 43 heavy (non-hydrogen) atoms. The van der Waals surface area contributed by atoms with Crippen LogP contribution >= 0.6 is 0 Å². The van der Waals surface area contributed by atoms with Crippen LogP contribution in [0.5, 0.6) is 0 Å². The lowest BCUT2D eigenvalue weighted by Crippen LogP contribution is -2.54. The Labute approximate surface area is 246 Å². The van der Waals surface area contributed by atoms with Crippen molar-refractivity contribution in [3.63, 3.8) is 0 Å². The van der Waals surface area contributed by atoms with Crippen LogP contribution in [0.4, 0.5) is 20.3 Å². The van der Waals surface area contributed by atoms with Crippen molar-refractivity contribution in [1.29, 1.82) is 0 Å². The maximum absolute atomic E-state index is 15.9. The molecule has 0 radical (unpaired) electrons. The fourth-order valence-corrected chi connectivity index (χ4v) is 6.32. The fourth-order valence-electron chi connectivity index (χ4n) is 5.34. The van der Waals surface area contributed by atoms with Gasteiger partial charge in [-0.05, 0) is 56.8 Å². The molecule has 11 nitrogen and oxygen atoms in total. The highest BCUT2D eigenvalue weighted by Gasteiger charge is 2.31. The maximum atomic E-state index is 15.9. The van der Waals surface area contributed by atoms with Gasteiger partial charge in [0.15, 0.2) is 11.5 Å². The summed E-state index contributed by atoms with van der Waals surface area (Å²) in [4.78, 5) is 38.0. The summed E-state index contributed by atoms with van der Waals surface area (Å²) in [6.45, 7) is 7.76. The van der Waals surface area contributed by atoms with Gasteiger partial charge in [0.2, 0.25) is 15.9 Å². The zero-order valence-corrected chi connectivity index (χ0v) is 24.5. The quantitative estimate of drug-likeness (QED) is 0.251. The minimum atomic E-state index is -4.10. The molecule has 5 rings (SSSR count). The highest BCUT2D eigenvalue weighted by molar-refractivity contribution is 7.89. The van der Waals surface area contributed by atoms with E-state index in [1.165, 1.54) is 37.4 Å². The van der Waals surface area contributed by atoms with Gasteiger partial charge in [0.05, 0.1) is 16.6 Å². The van der Waals surface area contributed by atoms with Crippen LogP contribution in [-0.4, -0.2) is 66.5 Å². The number of piperazine rings is 1. The van der Waals surface area contributed by atoms with Crippen molar-refractivity contribution in [2.45, 2.75) is 24.8 Å². The average Bonchev–Trinajstić information content (AvgIpc) is 2.97. The summed E-state index contributed by atoms with van der Waals surface area (Å²) in [7, 11) is -2.87. The number of nitrogens with one attached hydrogen (secondary N) is 1. The minimum absolute atomic E-state index is 0.0492. The number of para-hydroxylation sites is 1. The van der Waals surface area contributed by atoms with Crippen LogP contribution in [0.25, 0.3) is 28.0 Å². The van der Waals surface area contributed by atoms with E-state index in [1.54, 1.807) is 22.8 Å². The number of hydrogen-bond donors (Lipinski definition) is 2. The molecule has 1 fully saturated rings. The zero-order valence-electron chi connectivity index (χ0n) is 23.6. The van der Waals surface area contributed by atoms with Gasteiger partial charge in [-0.3, -0.25) is 4.79 Å². The van der Waals surface area contributed by atoms with Gasteiger partial charge >= 0.3 is 5.69 Å². The average molecular weight is 610 g/mol. The Morgan fingerprint density at radius 3 is 2.51 bits per heavy atom. The highest BCUT2D eigenvalue weighted by Crippen LogP contribution is 2.35. The number of carbonyl (C=O) groups excluding carboxylic acids is 1. The number of rotatable bonds is 6. The Bertz CT molecular complexity index is 1940. The van der Waals surface area contributed by atoms with Gasteiger partial charge in [-0.25, -0.2) is 36.3 Å². The van der Waals surface area contributed by atoms with Gasteiger partial charge in [0.25, 0.3) is 0 Å². The van der Waals surface area contributed by atoms with E-state index in [9.17, 15) is 22.4 Å². The van der Waals surface area contributed by atoms with Crippen molar-refractivity contribution >= 4 is 38.5 Å². The standard InChI is InChI=1S/C29H29F2N7O4S/c1-5-23(39)36-12-13-37(17(3)15-36)27-18-14-20(31)25(24-19(30)9-7-10-21(24)32)34-28(18)38(29(40)35-27)26-16(2)8-6-11-22(26)43(41,42)33-4/h5-11,14,17,33H,1,12-13,15,32H2,2-4H3/t17-/m0/s1. The van der Waals surface area contributed by atoms with Crippen LogP contribution in [0.3, 0.4) is 0 Å². The highest BCUT2D eigenvalue weighted by atomic mass is 32.2. The molecule has 14 heteroatoms. The third kappa shape index (κ3) is 5.12. The predicted molar refractivity (Wildman–Crippen MR) is 159 cm³/mol. The first-order valence-electron chi connectivity index (χ1n) is 13.3. The van der Waals surface area contributed by atoms with Crippen molar-refractivity contribution in [1.82, 2.24) is 24.2 Å². The molecule has 1 aliphatic heterocycles. The summed E-state index contributed by atoms with van der Waals surface area (Å²) in [5.74, 6) is -1.93. The minimum Gasteiger partial charge on any atom is -0.398 e. The Balaban J connectivity index is 1.87. The zero-order chi connectivity index (χ0) is 31.2. The third-order valence-electron chi connectivity index (χ3n) is 7.45. The lowest BCUT2D eigenvalue weighted by molar-refractivity contribution is -0.126. The van der Waals surface area contributed by atoms with Crippen molar-refractivity contribution in [3.8, 4) is 16.9 Å². The number of hydrogen-bond acceptors (Lipinski definition) is 8. The van der Waals surface area contributed by atoms with Crippen LogP contribution in [0.15, 0.2) is 64.8 Å². The topological polar surface area (TPSA) is 144 Å². The molecule has 4 aromatic rings. The summed E-state index contributed by atoms with van der Waals surface area (Å²) < 4.78 is 60.2. The number of aryl methyl sites for hydroxylation is 1. The largest absolute Gasteiger partial charge is 0.398 e. The molecule has 1 aliphatic rings. The van der Waals surface area contributed by atoms with Gasteiger partial charge in [-0.1, -0.05) is 24.8 Å². The lowest BCUT2D eigenvalue weighted by atomic mass is 10.1. The Morgan fingerprint density at radius 1 is 1.14 bits per heavy atom. The van der Waals surface area contributed by atoms with E-state index in [-0.39, 0.29) is 70.3 Å². The van der Waals surface area contributed by atoms with Crippen LogP contribution in [-0.2, 0) is 14.8 Å². The van der Waals surface area contributed by atoms with E-state index in [1.807, 2.05) is 6.92 Å². The van der Waals surface area contributed by atoms with E-state index < -0.39 is 33.0 Å².